The molecule has 3 rings (SSSR count). The summed E-state index contributed by atoms with van der Waals surface area (Å²) in [6, 6.07) is -0.215. The number of carbonyl (C=O) groups is 1. The summed E-state index contributed by atoms with van der Waals surface area (Å²) in [6.07, 6.45) is 6.15. The average Bonchev–Trinajstić information content (AvgIpc) is 2.57. The number of aliphatic hydroxyl groups excluding tert-OH is 1. The van der Waals surface area contributed by atoms with Crippen molar-refractivity contribution in [1.29, 1.82) is 0 Å². The first-order chi connectivity index (χ1) is 9.01. The summed E-state index contributed by atoms with van der Waals surface area (Å²) in [4.78, 5) is 12.1. The first kappa shape index (κ1) is 13.2. The van der Waals surface area contributed by atoms with Crippen molar-refractivity contribution in [3.05, 3.63) is 22.2 Å². The Balaban J connectivity index is 1.98. The second kappa shape index (κ2) is 4.37. The molecule has 0 radical (unpaired) electrons. The molecule has 4 nitrogen and oxygen atoms in total. The van der Waals surface area contributed by atoms with E-state index in [0.717, 1.165) is 29.3 Å². The normalized spacial score (nSPS) is 42.7. The van der Waals surface area contributed by atoms with Crippen LogP contribution in [0.3, 0.4) is 0 Å². The minimum atomic E-state index is -2.50. The number of hydrogen-bond donors (Lipinski definition) is 2. The predicted molar refractivity (Wildman–Crippen MR) is 71.9 cm³/mol. The molecular weight excluding hydrogens is 309 g/mol. The molecule has 0 aromatic heterocycles. The standard InChI is InChI=1S/C14H19NO3Se/c1-8-9(2)19(18)14(11(8)15-13(14)17)12(16)10-6-4-3-5-7-10/h4,6,10-12,16H,3,5,7H2,1-2H3,(H,15,17)/t10-,11+,12+,14+,19?/m1/s1. The third-order valence-corrected chi connectivity index (χ3v) is 9.29. The zero-order valence-electron chi connectivity index (χ0n) is 11.2. The second-order valence-electron chi connectivity index (χ2n) is 5.68. The molecule has 5 atom stereocenters. The van der Waals surface area contributed by atoms with Crippen LogP contribution in [0.1, 0.15) is 33.1 Å². The summed E-state index contributed by atoms with van der Waals surface area (Å²) >= 11 is -2.50. The van der Waals surface area contributed by atoms with Gasteiger partial charge in [-0.3, -0.25) is 0 Å². The molecule has 0 spiro atoms. The molecule has 19 heavy (non-hydrogen) atoms. The van der Waals surface area contributed by atoms with Gasteiger partial charge >= 0.3 is 116 Å². The number of hydrogen-bond acceptors (Lipinski definition) is 3. The first-order valence-corrected chi connectivity index (χ1v) is 9.17. The van der Waals surface area contributed by atoms with Crippen LogP contribution in [-0.4, -0.2) is 37.0 Å². The molecule has 1 saturated heterocycles. The van der Waals surface area contributed by atoms with Gasteiger partial charge in [0.15, 0.2) is 0 Å². The van der Waals surface area contributed by atoms with Gasteiger partial charge in [0.2, 0.25) is 0 Å². The van der Waals surface area contributed by atoms with Crippen molar-refractivity contribution in [3.63, 3.8) is 0 Å². The van der Waals surface area contributed by atoms with Crippen molar-refractivity contribution in [2.24, 2.45) is 5.92 Å². The van der Waals surface area contributed by atoms with Crippen LogP contribution in [0.4, 0.5) is 0 Å². The van der Waals surface area contributed by atoms with Crippen LogP contribution in [0, 0.1) is 5.92 Å². The summed E-state index contributed by atoms with van der Waals surface area (Å²) < 4.78 is 12.5. The molecule has 0 saturated carbocycles. The van der Waals surface area contributed by atoms with Crippen molar-refractivity contribution in [2.45, 2.75) is 49.6 Å². The summed E-state index contributed by atoms with van der Waals surface area (Å²) in [5.41, 5.74) is 0.985. The molecule has 0 aromatic rings. The minimum absolute atomic E-state index is 0.0406. The molecule has 0 aromatic carbocycles. The van der Waals surface area contributed by atoms with E-state index in [0.29, 0.717) is 0 Å². The van der Waals surface area contributed by atoms with E-state index in [9.17, 15) is 13.7 Å². The van der Waals surface area contributed by atoms with Crippen molar-refractivity contribution in [1.82, 2.24) is 5.32 Å². The first-order valence-electron chi connectivity index (χ1n) is 6.76. The maximum atomic E-state index is 12.7. The Morgan fingerprint density at radius 2 is 2.26 bits per heavy atom. The van der Waals surface area contributed by atoms with E-state index in [2.05, 4.69) is 11.4 Å². The number of rotatable bonds is 2. The summed E-state index contributed by atoms with van der Waals surface area (Å²) in [5.74, 6) is -0.263. The van der Waals surface area contributed by atoms with E-state index in [-0.39, 0.29) is 17.9 Å². The van der Waals surface area contributed by atoms with Gasteiger partial charge in [-0.25, -0.2) is 0 Å². The number of amides is 1. The fourth-order valence-electron chi connectivity index (χ4n) is 3.46. The fourth-order valence-corrected chi connectivity index (χ4v) is 7.63. The van der Waals surface area contributed by atoms with Crippen LogP contribution in [0.25, 0.3) is 0 Å². The van der Waals surface area contributed by atoms with E-state index >= 15 is 0 Å². The summed E-state index contributed by atoms with van der Waals surface area (Å²) in [7, 11) is 0. The predicted octanol–water partition coefficient (Wildman–Crippen LogP) is 1.25. The van der Waals surface area contributed by atoms with Gasteiger partial charge in [-0.2, -0.15) is 0 Å². The quantitative estimate of drug-likeness (QED) is 0.456. The van der Waals surface area contributed by atoms with Crippen LogP contribution < -0.4 is 5.32 Å². The van der Waals surface area contributed by atoms with Crippen LogP contribution in [0.2, 0.25) is 4.31 Å². The second-order valence-corrected chi connectivity index (χ2v) is 9.50. The van der Waals surface area contributed by atoms with Crippen molar-refractivity contribution in [3.8, 4) is 0 Å². The van der Waals surface area contributed by atoms with Crippen molar-refractivity contribution >= 4 is 19.7 Å². The monoisotopic (exact) mass is 329 g/mol. The molecule has 1 fully saturated rings. The molecule has 2 heterocycles. The van der Waals surface area contributed by atoms with Crippen LogP contribution >= 0.6 is 0 Å². The number of nitrogens with one attached hydrogen (secondary N) is 1. The van der Waals surface area contributed by atoms with E-state index in [4.69, 9.17) is 0 Å². The SMILES string of the molecule is CC1=C(C)[Se](=O)[C@@]2([C@@H](O)[C@@H]3C=CCCC3)C(=O)N[C@@H]12. The molecule has 0 bridgehead atoms. The Labute approximate surface area is 117 Å². The third-order valence-electron chi connectivity index (χ3n) is 4.77. The molecule has 5 heteroatoms. The van der Waals surface area contributed by atoms with E-state index in [1.807, 2.05) is 19.9 Å². The Bertz CT molecular complexity index is 525. The van der Waals surface area contributed by atoms with Gasteiger partial charge in [0, 0.05) is 0 Å². The van der Waals surface area contributed by atoms with Crippen LogP contribution in [0.5, 0.6) is 0 Å². The number of aliphatic hydroxyl groups is 1. The molecule has 2 N–H and O–H groups in total. The molecule has 1 unspecified atom stereocenters. The molecular formula is C14H19NO3Se. The number of allylic oxidation sites excluding steroid dienone is 2. The van der Waals surface area contributed by atoms with E-state index in [1.54, 1.807) is 0 Å². The third kappa shape index (κ3) is 1.52. The van der Waals surface area contributed by atoms with Gasteiger partial charge < -0.3 is 0 Å². The van der Waals surface area contributed by atoms with Gasteiger partial charge in [0.05, 0.1) is 0 Å². The molecule has 2 aliphatic heterocycles. The molecule has 1 aliphatic carbocycles. The average molecular weight is 328 g/mol. The number of β-lactam (4-membered cyclic amide) rings is 1. The van der Waals surface area contributed by atoms with Gasteiger partial charge in [-0.15, -0.1) is 0 Å². The molecule has 3 aliphatic rings. The topological polar surface area (TPSA) is 66.4 Å². The van der Waals surface area contributed by atoms with Crippen LogP contribution in [0.15, 0.2) is 22.2 Å². The van der Waals surface area contributed by atoms with Crippen molar-refractivity contribution < 1.29 is 13.7 Å². The molecule has 1 amide bonds. The fraction of sp³-hybridized carbons (Fsp3) is 0.643. The van der Waals surface area contributed by atoms with E-state index < -0.39 is 24.3 Å². The Morgan fingerprint density at radius 3 is 2.79 bits per heavy atom. The Hall–Kier alpha value is -0.771. The van der Waals surface area contributed by atoms with Gasteiger partial charge in [0.25, 0.3) is 0 Å². The Morgan fingerprint density at radius 1 is 1.53 bits per heavy atom. The number of carbonyl (C=O) groups excluding carboxylic acids is 1. The zero-order chi connectivity index (χ0) is 13.8. The molecule has 104 valence electrons. The van der Waals surface area contributed by atoms with Gasteiger partial charge in [0.1, 0.15) is 0 Å². The summed E-state index contributed by atoms with van der Waals surface area (Å²) in [6.45, 7) is 3.75. The van der Waals surface area contributed by atoms with Crippen LogP contribution in [-0.2, 0) is 8.63 Å². The van der Waals surface area contributed by atoms with Gasteiger partial charge in [-0.05, 0) is 0 Å². The summed E-state index contributed by atoms with van der Waals surface area (Å²) in [5, 5.41) is 13.5. The van der Waals surface area contributed by atoms with Crippen molar-refractivity contribution in [2.75, 3.05) is 0 Å². The Kier molecular flexibility index (Phi) is 3.04. The van der Waals surface area contributed by atoms with E-state index in [1.165, 1.54) is 0 Å². The number of fused-ring (bicyclic) bond motifs is 1. The zero-order valence-corrected chi connectivity index (χ0v) is 12.9. The van der Waals surface area contributed by atoms with Gasteiger partial charge in [-0.1, -0.05) is 0 Å². The maximum absolute atomic E-state index is 12.7.